The van der Waals surface area contributed by atoms with Crippen LogP contribution in [0, 0.1) is 19.8 Å². The highest BCUT2D eigenvalue weighted by Gasteiger charge is 2.29. The van der Waals surface area contributed by atoms with E-state index in [1.807, 2.05) is 6.20 Å². The first-order valence-corrected chi connectivity index (χ1v) is 13.0. The van der Waals surface area contributed by atoms with Crippen LogP contribution in [0.3, 0.4) is 0 Å². The number of fused-ring (bicyclic) bond motifs is 1. The van der Waals surface area contributed by atoms with E-state index in [-0.39, 0.29) is 0 Å². The van der Waals surface area contributed by atoms with Gasteiger partial charge >= 0.3 is 0 Å². The second kappa shape index (κ2) is 9.60. The molecule has 33 heavy (non-hydrogen) atoms. The number of hydrogen-bond acceptors (Lipinski definition) is 3. The average molecular weight is 445 g/mol. The minimum absolute atomic E-state index is 0.688. The quantitative estimate of drug-likeness (QED) is 0.513. The number of aromatic amines is 1. The van der Waals surface area contributed by atoms with Gasteiger partial charge in [0.2, 0.25) is 0 Å². The third-order valence-electron chi connectivity index (χ3n) is 7.97. The first-order chi connectivity index (χ1) is 16.0. The smallest absolute Gasteiger partial charge is 0.0495 e. The van der Waals surface area contributed by atoms with Crippen LogP contribution >= 0.6 is 0 Å². The standard InChI is InChI=1S/C29H40N4/c1-20(2)19-32-13-10-26(11-14-32)33-15-8-23(9-16-33)24-5-6-28-27(18-24)22(4)29(31-28)25-7-12-30-21(3)17-25/h5-7,12,17-18,20,23,26,31H,8-11,13-16,19H2,1-4H3. The molecule has 2 saturated heterocycles. The first-order valence-electron chi connectivity index (χ1n) is 13.0. The van der Waals surface area contributed by atoms with Crippen molar-refractivity contribution in [2.75, 3.05) is 32.7 Å². The topological polar surface area (TPSA) is 35.2 Å². The molecule has 0 bridgehead atoms. The maximum Gasteiger partial charge on any atom is 0.0495 e. The highest BCUT2D eigenvalue weighted by Crippen LogP contribution is 2.35. The Hall–Kier alpha value is -2.17. The fourth-order valence-electron chi connectivity index (χ4n) is 6.17. The summed E-state index contributed by atoms with van der Waals surface area (Å²) in [4.78, 5) is 13.5. The number of piperidine rings is 2. The Bertz CT molecular complexity index is 1080. The van der Waals surface area contributed by atoms with E-state index >= 15 is 0 Å². The van der Waals surface area contributed by atoms with Crippen LogP contribution in [-0.4, -0.2) is 58.5 Å². The second-order valence-corrected chi connectivity index (χ2v) is 10.9. The van der Waals surface area contributed by atoms with Gasteiger partial charge in [-0.15, -0.1) is 0 Å². The Balaban J connectivity index is 1.24. The maximum atomic E-state index is 4.36. The number of pyridine rings is 1. The molecule has 4 nitrogen and oxygen atoms in total. The maximum absolute atomic E-state index is 4.36. The zero-order chi connectivity index (χ0) is 22.9. The molecule has 0 radical (unpaired) electrons. The Morgan fingerprint density at radius 1 is 0.970 bits per heavy atom. The molecule has 2 fully saturated rings. The van der Waals surface area contributed by atoms with Gasteiger partial charge in [0.15, 0.2) is 0 Å². The number of aryl methyl sites for hydroxylation is 2. The molecule has 5 rings (SSSR count). The van der Waals surface area contributed by atoms with Gasteiger partial charge in [-0.3, -0.25) is 4.98 Å². The predicted molar refractivity (Wildman–Crippen MR) is 139 cm³/mol. The molecule has 2 aliphatic rings. The van der Waals surface area contributed by atoms with Gasteiger partial charge < -0.3 is 14.8 Å². The third kappa shape index (κ3) is 4.88. The van der Waals surface area contributed by atoms with Crippen LogP contribution < -0.4 is 0 Å². The van der Waals surface area contributed by atoms with E-state index in [9.17, 15) is 0 Å². The molecule has 2 aliphatic heterocycles. The van der Waals surface area contributed by atoms with E-state index in [2.05, 4.69) is 77.8 Å². The van der Waals surface area contributed by atoms with Crippen molar-refractivity contribution in [3.63, 3.8) is 0 Å². The van der Waals surface area contributed by atoms with Gasteiger partial charge in [0.05, 0.1) is 0 Å². The second-order valence-electron chi connectivity index (χ2n) is 10.9. The fourth-order valence-corrected chi connectivity index (χ4v) is 6.17. The van der Waals surface area contributed by atoms with E-state index in [4.69, 9.17) is 0 Å². The summed E-state index contributed by atoms with van der Waals surface area (Å²) >= 11 is 0. The van der Waals surface area contributed by atoms with E-state index in [0.717, 1.165) is 17.7 Å². The molecule has 1 aromatic carbocycles. The van der Waals surface area contributed by atoms with Gasteiger partial charge in [-0.25, -0.2) is 0 Å². The van der Waals surface area contributed by atoms with Gasteiger partial charge in [0.1, 0.15) is 0 Å². The normalized spacial score (nSPS) is 19.7. The lowest BCUT2D eigenvalue weighted by Gasteiger charge is -2.42. The summed E-state index contributed by atoms with van der Waals surface area (Å²) < 4.78 is 0. The van der Waals surface area contributed by atoms with Crippen LogP contribution in [0.1, 0.15) is 62.3 Å². The molecular weight excluding hydrogens is 404 g/mol. The Kier molecular flexibility index (Phi) is 6.58. The molecule has 0 atom stereocenters. The summed E-state index contributed by atoms with van der Waals surface area (Å²) in [6, 6.07) is 12.2. The van der Waals surface area contributed by atoms with Gasteiger partial charge in [-0.05, 0) is 113 Å². The van der Waals surface area contributed by atoms with E-state index < -0.39 is 0 Å². The van der Waals surface area contributed by atoms with E-state index in [0.29, 0.717) is 5.92 Å². The van der Waals surface area contributed by atoms with E-state index in [1.165, 1.54) is 91.7 Å². The number of H-pyrrole nitrogens is 1. The molecule has 0 aliphatic carbocycles. The number of benzene rings is 1. The molecule has 4 heterocycles. The number of nitrogens with one attached hydrogen (secondary N) is 1. The van der Waals surface area contributed by atoms with Gasteiger partial charge in [0.25, 0.3) is 0 Å². The minimum Gasteiger partial charge on any atom is -0.354 e. The average Bonchev–Trinajstić information content (AvgIpc) is 3.15. The Morgan fingerprint density at radius 3 is 2.42 bits per heavy atom. The lowest BCUT2D eigenvalue weighted by atomic mass is 9.87. The Morgan fingerprint density at radius 2 is 1.73 bits per heavy atom. The summed E-state index contributed by atoms with van der Waals surface area (Å²) in [6.07, 6.45) is 7.18. The molecule has 1 N–H and O–H groups in total. The van der Waals surface area contributed by atoms with Crippen molar-refractivity contribution in [2.24, 2.45) is 5.92 Å². The SMILES string of the molecule is Cc1cc(-c2[nH]c3ccc(C4CCN(C5CCN(CC(C)C)CC5)CC4)cc3c2C)ccn1. The number of aromatic nitrogens is 2. The molecule has 0 spiro atoms. The van der Waals surface area contributed by atoms with Gasteiger partial charge in [0, 0.05) is 46.6 Å². The van der Waals surface area contributed by atoms with Crippen LogP contribution in [0.25, 0.3) is 22.2 Å². The molecule has 3 aromatic rings. The van der Waals surface area contributed by atoms with Crippen molar-refractivity contribution in [1.82, 2.24) is 19.8 Å². The summed E-state index contributed by atoms with van der Waals surface area (Å²) in [5.41, 5.74) is 7.63. The van der Waals surface area contributed by atoms with Crippen molar-refractivity contribution in [3.05, 3.63) is 53.3 Å². The minimum atomic E-state index is 0.688. The van der Waals surface area contributed by atoms with Crippen LogP contribution in [0.2, 0.25) is 0 Å². The summed E-state index contributed by atoms with van der Waals surface area (Å²) in [5.74, 6) is 1.47. The summed E-state index contributed by atoms with van der Waals surface area (Å²) in [7, 11) is 0. The molecule has 0 saturated carbocycles. The molecule has 176 valence electrons. The van der Waals surface area contributed by atoms with Crippen molar-refractivity contribution in [3.8, 4) is 11.3 Å². The van der Waals surface area contributed by atoms with Gasteiger partial charge in [-0.1, -0.05) is 19.9 Å². The van der Waals surface area contributed by atoms with Crippen molar-refractivity contribution < 1.29 is 0 Å². The molecule has 4 heteroatoms. The Labute approximate surface area is 199 Å². The summed E-state index contributed by atoms with van der Waals surface area (Å²) in [5, 5.41) is 1.37. The lowest BCUT2D eigenvalue weighted by molar-refractivity contribution is 0.0828. The predicted octanol–water partition coefficient (Wildman–Crippen LogP) is 6.15. The zero-order valence-corrected chi connectivity index (χ0v) is 20.9. The van der Waals surface area contributed by atoms with Gasteiger partial charge in [-0.2, -0.15) is 0 Å². The van der Waals surface area contributed by atoms with Crippen molar-refractivity contribution in [1.29, 1.82) is 0 Å². The highest BCUT2D eigenvalue weighted by molar-refractivity contribution is 5.91. The first kappa shape index (κ1) is 22.6. The number of nitrogens with zero attached hydrogens (tertiary/aromatic N) is 3. The molecule has 2 aromatic heterocycles. The fraction of sp³-hybridized carbons (Fsp3) is 0.552. The summed E-state index contributed by atoms with van der Waals surface area (Å²) in [6.45, 7) is 15.3. The zero-order valence-electron chi connectivity index (χ0n) is 20.9. The molecule has 0 unspecified atom stereocenters. The van der Waals surface area contributed by atoms with Crippen LogP contribution in [-0.2, 0) is 0 Å². The van der Waals surface area contributed by atoms with E-state index in [1.54, 1.807) is 0 Å². The molecule has 0 amide bonds. The molecular formula is C29H40N4. The van der Waals surface area contributed by atoms with Crippen molar-refractivity contribution in [2.45, 2.75) is 65.3 Å². The lowest BCUT2D eigenvalue weighted by Crippen LogP contribution is -2.48. The number of rotatable bonds is 5. The van der Waals surface area contributed by atoms with Crippen molar-refractivity contribution >= 4 is 10.9 Å². The van der Waals surface area contributed by atoms with Crippen LogP contribution in [0.4, 0.5) is 0 Å². The van der Waals surface area contributed by atoms with Crippen LogP contribution in [0.5, 0.6) is 0 Å². The van der Waals surface area contributed by atoms with Crippen LogP contribution in [0.15, 0.2) is 36.5 Å². The highest BCUT2D eigenvalue weighted by atomic mass is 15.2. The number of hydrogen-bond donors (Lipinski definition) is 1. The largest absolute Gasteiger partial charge is 0.354 e. The monoisotopic (exact) mass is 444 g/mol. The number of likely N-dealkylation sites (tertiary alicyclic amines) is 2. The third-order valence-corrected chi connectivity index (χ3v) is 7.97.